The van der Waals surface area contributed by atoms with E-state index < -0.39 is 17.9 Å². The van der Waals surface area contributed by atoms with Crippen molar-refractivity contribution >= 4 is 35.1 Å². The molecular formula is C21H21NO6S. The molecule has 29 heavy (non-hydrogen) atoms. The lowest BCUT2D eigenvalue weighted by Gasteiger charge is -2.16. The van der Waals surface area contributed by atoms with Gasteiger partial charge in [0.25, 0.3) is 5.91 Å². The first-order chi connectivity index (χ1) is 13.8. The number of hydrogen-bond donors (Lipinski definition) is 2. The average Bonchev–Trinajstić information content (AvgIpc) is 3.27. The van der Waals surface area contributed by atoms with E-state index in [1.54, 1.807) is 24.3 Å². The van der Waals surface area contributed by atoms with Crippen LogP contribution in [0.2, 0.25) is 0 Å². The zero-order valence-corrected chi connectivity index (χ0v) is 16.8. The Morgan fingerprint density at radius 3 is 2.76 bits per heavy atom. The zero-order chi connectivity index (χ0) is 21.0. The van der Waals surface area contributed by atoms with Crippen molar-refractivity contribution in [1.82, 2.24) is 5.32 Å². The van der Waals surface area contributed by atoms with Crippen LogP contribution in [-0.4, -0.2) is 35.4 Å². The first-order valence-electron chi connectivity index (χ1n) is 9.10. The number of thiophene rings is 1. The standard InChI is InChI=1S/C21H21NO6S/c1-12(2)8-16(21(25)26)22-19(23)11-27-13-5-6-15-17(9-13)28-18(20(15)24)10-14-4-3-7-29-14/h3-7,9-10,12,16H,8,11H2,1-2H3,(H,22,23)(H,25,26). The van der Waals surface area contributed by atoms with E-state index in [0.717, 1.165) is 4.88 Å². The molecule has 1 aromatic heterocycles. The number of hydrogen-bond acceptors (Lipinski definition) is 6. The summed E-state index contributed by atoms with van der Waals surface area (Å²) in [7, 11) is 0. The number of fused-ring (bicyclic) bond motifs is 1. The SMILES string of the molecule is CC(C)CC(NC(=O)COc1ccc2c(c1)OC(=Cc1cccs1)C2=O)C(=O)O. The number of benzene rings is 1. The number of carbonyl (C=O) groups is 3. The van der Waals surface area contributed by atoms with E-state index in [4.69, 9.17) is 9.47 Å². The molecule has 152 valence electrons. The van der Waals surface area contributed by atoms with Crippen LogP contribution in [0.15, 0.2) is 41.5 Å². The molecule has 0 radical (unpaired) electrons. The lowest BCUT2D eigenvalue weighted by molar-refractivity contribution is -0.142. The third kappa shape index (κ3) is 5.23. The molecule has 7 nitrogen and oxygen atoms in total. The number of carbonyl (C=O) groups excluding carboxylic acids is 2. The monoisotopic (exact) mass is 415 g/mol. The fraction of sp³-hybridized carbons (Fsp3) is 0.286. The van der Waals surface area contributed by atoms with Crippen LogP contribution in [0.1, 0.15) is 35.5 Å². The van der Waals surface area contributed by atoms with Crippen molar-refractivity contribution < 1.29 is 29.0 Å². The topological polar surface area (TPSA) is 102 Å². The van der Waals surface area contributed by atoms with Crippen LogP contribution >= 0.6 is 11.3 Å². The van der Waals surface area contributed by atoms with E-state index in [1.807, 2.05) is 31.4 Å². The Balaban J connectivity index is 1.61. The van der Waals surface area contributed by atoms with Crippen LogP contribution < -0.4 is 14.8 Å². The number of nitrogens with one attached hydrogen (secondary N) is 1. The fourth-order valence-corrected chi connectivity index (χ4v) is 3.48. The predicted octanol–water partition coefficient (Wildman–Crippen LogP) is 3.36. The number of carboxylic acid groups (broad SMARTS) is 1. The summed E-state index contributed by atoms with van der Waals surface area (Å²) in [5, 5.41) is 13.6. The second kappa shape index (κ2) is 8.91. The van der Waals surface area contributed by atoms with Crippen molar-refractivity contribution in [3.05, 3.63) is 51.9 Å². The number of aliphatic carboxylic acids is 1. The molecular weight excluding hydrogens is 394 g/mol. The third-order valence-corrected chi connectivity index (χ3v) is 4.99. The van der Waals surface area contributed by atoms with E-state index in [2.05, 4.69) is 5.32 Å². The number of allylic oxidation sites excluding steroid dienone is 1. The van der Waals surface area contributed by atoms with Gasteiger partial charge in [0.05, 0.1) is 5.56 Å². The summed E-state index contributed by atoms with van der Waals surface area (Å²) in [4.78, 5) is 36.6. The van der Waals surface area contributed by atoms with Gasteiger partial charge in [-0.3, -0.25) is 9.59 Å². The maximum Gasteiger partial charge on any atom is 0.326 e. The molecule has 8 heteroatoms. The van der Waals surface area contributed by atoms with Crippen LogP contribution in [0, 0.1) is 5.92 Å². The minimum Gasteiger partial charge on any atom is -0.484 e. The first kappa shape index (κ1) is 20.6. The molecule has 1 aromatic carbocycles. The normalized spacial score (nSPS) is 15.1. The molecule has 0 spiro atoms. The highest BCUT2D eigenvalue weighted by Crippen LogP contribution is 2.35. The van der Waals surface area contributed by atoms with Gasteiger partial charge in [0.15, 0.2) is 12.4 Å². The summed E-state index contributed by atoms with van der Waals surface area (Å²) in [5.74, 6) is -0.764. The summed E-state index contributed by atoms with van der Waals surface area (Å²) in [5.41, 5.74) is 0.424. The largest absolute Gasteiger partial charge is 0.484 e. The van der Waals surface area contributed by atoms with Crippen LogP contribution in [-0.2, 0) is 9.59 Å². The van der Waals surface area contributed by atoms with Crippen molar-refractivity contribution in [2.75, 3.05) is 6.61 Å². The summed E-state index contributed by atoms with van der Waals surface area (Å²) < 4.78 is 11.1. The molecule has 1 atom stereocenters. The molecule has 0 bridgehead atoms. The number of ether oxygens (including phenoxy) is 2. The van der Waals surface area contributed by atoms with Gasteiger partial charge in [-0.05, 0) is 35.9 Å². The molecule has 1 amide bonds. The molecule has 2 N–H and O–H groups in total. The third-order valence-electron chi connectivity index (χ3n) is 4.17. The summed E-state index contributed by atoms with van der Waals surface area (Å²) >= 11 is 1.50. The van der Waals surface area contributed by atoms with Crippen LogP contribution in [0.5, 0.6) is 11.5 Å². The molecule has 2 heterocycles. The number of Topliss-reactive ketones (excluding diaryl/α,β-unsaturated/α-hetero) is 1. The average molecular weight is 415 g/mol. The summed E-state index contributed by atoms with van der Waals surface area (Å²) in [6.45, 7) is 3.42. The molecule has 1 aliphatic heterocycles. The summed E-state index contributed by atoms with van der Waals surface area (Å²) in [6.07, 6.45) is 2.01. The van der Waals surface area contributed by atoms with Crippen molar-refractivity contribution in [1.29, 1.82) is 0 Å². The Bertz CT molecular complexity index is 948. The van der Waals surface area contributed by atoms with Crippen LogP contribution in [0.3, 0.4) is 0 Å². The van der Waals surface area contributed by atoms with E-state index in [1.165, 1.54) is 11.3 Å². The molecule has 0 saturated heterocycles. The van der Waals surface area contributed by atoms with E-state index in [9.17, 15) is 19.5 Å². The van der Waals surface area contributed by atoms with Gasteiger partial charge in [-0.1, -0.05) is 19.9 Å². The minimum atomic E-state index is -1.08. The fourth-order valence-electron chi connectivity index (χ4n) is 2.84. The van der Waals surface area contributed by atoms with E-state index in [-0.39, 0.29) is 24.1 Å². The summed E-state index contributed by atoms with van der Waals surface area (Å²) in [6, 6.07) is 7.50. The molecule has 1 aliphatic rings. The Kier molecular flexibility index (Phi) is 6.33. The molecule has 0 saturated carbocycles. The van der Waals surface area contributed by atoms with Gasteiger partial charge in [0.1, 0.15) is 17.5 Å². The van der Waals surface area contributed by atoms with Gasteiger partial charge in [-0.2, -0.15) is 0 Å². The second-order valence-corrected chi connectivity index (χ2v) is 7.97. The molecule has 1 unspecified atom stereocenters. The van der Waals surface area contributed by atoms with Gasteiger partial charge < -0.3 is 19.9 Å². The first-order valence-corrected chi connectivity index (χ1v) is 9.98. The highest BCUT2D eigenvalue weighted by atomic mass is 32.1. The van der Waals surface area contributed by atoms with Gasteiger partial charge in [-0.25, -0.2) is 4.79 Å². The second-order valence-electron chi connectivity index (χ2n) is 6.99. The Morgan fingerprint density at radius 2 is 2.10 bits per heavy atom. The van der Waals surface area contributed by atoms with Crippen molar-refractivity contribution in [2.45, 2.75) is 26.3 Å². The molecule has 3 rings (SSSR count). The van der Waals surface area contributed by atoms with Gasteiger partial charge >= 0.3 is 5.97 Å². The maximum absolute atomic E-state index is 12.4. The van der Waals surface area contributed by atoms with Gasteiger partial charge in [0, 0.05) is 17.0 Å². The predicted molar refractivity (Wildman–Crippen MR) is 108 cm³/mol. The van der Waals surface area contributed by atoms with E-state index >= 15 is 0 Å². The Hall–Kier alpha value is -3.13. The van der Waals surface area contributed by atoms with Gasteiger partial charge in [0.2, 0.25) is 5.78 Å². The highest BCUT2D eigenvalue weighted by molar-refractivity contribution is 7.10. The number of carboxylic acids is 1. The maximum atomic E-state index is 12.4. The van der Waals surface area contributed by atoms with Crippen LogP contribution in [0.25, 0.3) is 6.08 Å². The van der Waals surface area contributed by atoms with Crippen molar-refractivity contribution in [3.63, 3.8) is 0 Å². The number of ketones is 1. The Labute approximate surface area is 172 Å². The zero-order valence-electron chi connectivity index (χ0n) is 16.0. The van der Waals surface area contributed by atoms with E-state index in [0.29, 0.717) is 23.5 Å². The minimum absolute atomic E-state index is 0.125. The van der Waals surface area contributed by atoms with Crippen molar-refractivity contribution in [3.8, 4) is 11.5 Å². The van der Waals surface area contributed by atoms with Crippen molar-refractivity contribution in [2.24, 2.45) is 5.92 Å². The quantitative estimate of drug-likeness (QED) is 0.641. The number of rotatable bonds is 8. The lowest BCUT2D eigenvalue weighted by atomic mass is 10.0. The molecule has 2 aromatic rings. The van der Waals surface area contributed by atoms with Gasteiger partial charge in [-0.15, -0.1) is 11.3 Å². The highest BCUT2D eigenvalue weighted by Gasteiger charge is 2.28. The lowest BCUT2D eigenvalue weighted by Crippen LogP contribution is -2.43. The Morgan fingerprint density at radius 1 is 1.31 bits per heavy atom. The number of amides is 1. The molecule has 0 fully saturated rings. The van der Waals surface area contributed by atoms with Crippen LogP contribution in [0.4, 0.5) is 0 Å². The smallest absolute Gasteiger partial charge is 0.326 e. The molecule has 0 aliphatic carbocycles.